The van der Waals surface area contributed by atoms with Gasteiger partial charge in [-0.25, -0.2) is 0 Å². The smallest absolute Gasteiger partial charge is 0.0746 e. The second kappa shape index (κ2) is 5.72. The van der Waals surface area contributed by atoms with Crippen LogP contribution in [-0.2, 0) is 4.74 Å². The molecule has 1 fully saturated rings. The topological polar surface area (TPSA) is 21.3 Å². The summed E-state index contributed by atoms with van der Waals surface area (Å²) < 4.78 is 5.40. The van der Waals surface area contributed by atoms with Gasteiger partial charge in [0.2, 0.25) is 0 Å². The Bertz CT molecular complexity index is 148. The highest BCUT2D eigenvalue weighted by molar-refractivity contribution is 4.77. The third-order valence-corrected chi connectivity index (χ3v) is 3.22. The summed E-state index contributed by atoms with van der Waals surface area (Å²) in [5, 5.41) is 3.63. The van der Waals surface area contributed by atoms with E-state index in [0.717, 1.165) is 12.6 Å². The molecule has 2 heteroatoms. The number of ether oxygens (including phenoxy) is 1. The Labute approximate surface area is 88.4 Å². The van der Waals surface area contributed by atoms with Crippen molar-refractivity contribution >= 4 is 0 Å². The Morgan fingerprint density at radius 2 is 1.71 bits per heavy atom. The Morgan fingerprint density at radius 3 is 2.21 bits per heavy atom. The maximum Gasteiger partial charge on any atom is 0.0746 e. The number of hydrogen-bond donors (Lipinski definition) is 1. The second-order valence-electron chi connectivity index (χ2n) is 5.03. The summed E-state index contributed by atoms with van der Waals surface area (Å²) >= 11 is 0. The highest BCUT2D eigenvalue weighted by atomic mass is 16.5. The van der Waals surface area contributed by atoms with Crippen molar-refractivity contribution in [1.82, 2.24) is 5.32 Å². The van der Waals surface area contributed by atoms with Crippen molar-refractivity contribution in [3.63, 3.8) is 0 Å². The Balaban J connectivity index is 2.22. The molecule has 0 atom stereocenters. The zero-order valence-electron chi connectivity index (χ0n) is 9.94. The van der Waals surface area contributed by atoms with Gasteiger partial charge in [-0.3, -0.25) is 0 Å². The average Bonchev–Trinajstić information content (AvgIpc) is 2.43. The molecule has 0 unspecified atom stereocenters. The number of methoxy groups -OCH3 is 1. The highest BCUT2D eigenvalue weighted by Gasteiger charge is 2.19. The monoisotopic (exact) mass is 199 g/mol. The first kappa shape index (κ1) is 12.0. The zero-order chi connectivity index (χ0) is 10.4. The number of rotatable bonds is 4. The lowest BCUT2D eigenvalue weighted by Gasteiger charge is -2.26. The second-order valence-corrected chi connectivity index (χ2v) is 5.03. The maximum absolute atomic E-state index is 5.40. The van der Waals surface area contributed by atoms with Gasteiger partial charge in [0.1, 0.15) is 0 Å². The van der Waals surface area contributed by atoms with Crippen LogP contribution in [0.2, 0.25) is 0 Å². The SMILES string of the molecule is COC(C)(C)CNC1CCCCCC1. The van der Waals surface area contributed by atoms with E-state index in [4.69, 9.17) is 4.74 Å². The lowest BCUT2D eigenvalue weighted by molar-refractivity contribution is 0.0206. The van der Waals surface area contributed by atoms with E-state index in [1.54, 1.807) is 7.11 Å². The summed E-state index contributed by atoms with van der Waals surface area (Å²) in [6, 6.07) is 0.729. The fourth-order valence-corrected chi connectivity index (χ4v) is 1.95. The van der Waals surface area contributed by atoms with Crippen molar-refractivity contribution in [1.29, 1.82) is 0 Å². The van der Waals surface area contributed by atoms with Crippen molar-refractivity contribution in [2.24, 2.45) is 0 Å². The van der Waals surface area contributed by atoms with Gasteiger partial charge in [0.05, 0.1) is 5.60 Å². The standard InChI is InChI=1S/C12H25NO/c1-12(2,14-3)10-13-11-8-6-4-5-7-9-11/h11,13H,4-10H2,1-3H3. The third-order valence-electron chi connectivity index (χ3n) is 3.22. The first-order valence-corrected chi connectivity index (χ1v) is 5.92. The molecule has 1 saturated carbocycles. The molecule has 0 amide bonds. The summed E-state index contributed by atoms with van der Waals surface area (Å²) in [5.41, 5.74) is -0.0215. The van der Waals surface area contributed by atoms with Crippen LogP contribution in [0.5, 0.6) is 0 Å². The van der Waals surface area contributed by atoms with E-state index in [1.165, 1.54) is 38.5 Å². The number of hydrogen-bond acceptors (Lipinski definition) is 2. The zero-order valence-corrected chi connectivity index (χ0v) is 9.94. The van der Waals surface area contributed by atoms with E-state index in [2.05, 4.69) is 19.2 Å². The van der Waals surface area contributed by atoms with Crippen LogP contribution in [0, 0.1) is 0 Å². The minimum atomic E-state index is -0.0215. The highest BCUT2D eigenvalue weighted by Crippen LogP contribution is 2.18. The van der Waals surface area contributed by atoms with Gasteiger partial charge in [-0.1, -0.05) is 25.7 Å². The van der Waals surface area contributed by atoms with Gasteiger partial charge in [-0.15, -0.1) is 0 Å². The van der Waals surface area contributed by atoms with Crippen LogP contribution < -0.4 is 5.32 Å². The fraction of sp³-hybridized carbons (Fsp3) is 1.00. The van der Waals surface area contributed by atoms with E-state index < -0.39 is 0 Å². The van der Waals surface area contributed by atoms with Crippen LogP contribution in [0.4, 0.5) is 0 Å². The van der Waals surface area contributed by atoms with Gasteiger partial charge < -0.3 is 10.1 Å². The molecule has 14 heavy (non-hydrogen) atoms. The van der Waals surface area contributed by atoms with E-state index in [1.807, 2.05) is 0 Å². The normalized spacial score (nSPS) is 20.8. The lowest BCUT2D eigenvalue weighted by Crippen LogP contribution is -2.41. The van der Waals surface area contributed by atoms with E-state index >= 15 is 0 Å². The molecule has 0 saturated heterocycles. The molecule has 0 aromatic rings. The summed E-state index contributed by atoms with van der Waals surface area (Å²) in [5.74, 6) is 0. The molecule has 1 aliphatic rings. The van der Waals surface area contributed by atoms with Gasteiger partial charge in [0, 0.05) is 19.7 Å². The van der Waals surface area contributed by atoms with Crippen LogP contribution in [0.3, 0.4) is 0 Å². The van der Waals surface area contributed by atoms with Crippen LogP contribution in [-0.4, -0.2) is 25.3 Å². The molecule has 0 bridgehead atoms. The molecular formula is C12H25NO. The summed E-state index contributed by atoms with van der Waals surface area (Å²) in [6.07, 6.45) is 8.33. The molecule has 1 aliphatic carbocycles. The molecule has 0 heterocycles. The van der Waals surface area contributed by atoms with Gasteiger partial charge in [0.15, 0.2) is 0 Å². The molecule has 2 nitrogen and oxygen atoms in total. The lowest BCUT2D eigenvalue weighted by atomic mass is 10.1. The summed E-state index contributed by atoms with van der Waals surface area (Å²) in [4.78, 5) is 0. The Morgan fingerprint density at radius 1 is 1.14 bits per heavy atom. The molecule has 0 aliphatic heterocycles. The Hall–Kier alpha value is -0.0800. The van der Waals surface area contributed by atoms with Gasteiger partial charge >= 0.3 is 0 Å². The molecule has 84 valence electrons. The van der Waals surface area contributed by atoms with Crippen molar-refractivity contribution in [3.8, 4) is 0 Å². The molecular weight excluding hydrogens is 174 g/mol. The number of nitrogens with one attached hydrogen (secondary N) is 1. The minimum Gasteiger partial charge on any atom is -0.377 e. The molecule has 1 N–H and O–H groups in total. The maximum atomic E-state index is 5.40. The molecule has 0 spiro atoms. The van der Waals surface area contributed by atoms with E-state index in [-0.39, 0.29) is 5.60 Å². The molecule has 1 rings (SSSR count). The molecule has 0 aromatic heterocycles. The molecule has 0 aromatic carbocycles. The summed E-state index contributed by atoms with van der Waals surface area (Å²) in [7, 11) is 1.79. The van der Waals surface area contributed by atoms with Crippen molar-refractivity contribution in [3.05, 3.63) is 0 Å². The summed E-state index contributed by atoms with van der Waals surface area (Å²) in [6.45, 7) is 5.24. The largest absolute Gasteiger partial charge is 0.377 e. The average molecular weight is 199 g/mol. The van der Waals surface area contributed by atoms with Crippen molar-refractivity contribution in [2.45, 2.75) is 64.0 Å². The quantitative estimate of drug-likeness (QED) is 0.703. The third kappa shape index (κ3) is 4.43. The first-order valence-electron chi connectivity index (χ1n) is 5.92. The van der Waals surface area contributed by atoms with Crippen LogP contribution in [0.15, 0.2) is 0 Å². The Kier molecular flexibility index (Phi) is 4.90. The first-order chi connectivity index (χ1) is 6.64. The fourth-order valence-electron chi connectivity index (χ4n) is 1.95. The predicted molar refractivity (Wildman–Crippen MR) is 60.6 cm³/mol. The predicted octanol–water partition coefficient (Wildman–Crippen LogP) is 2.72. The molecule has 0 radical (unpaired) electrons. The van der Waals surface area contributed by atoms with Crippen LogP contribution >= 0.6 is 0 Å². The minimum absolute atomic E-state index is 0.0215. The van der Waals surface area contributed by atoms with Gasteiger partial charge in [-0.05, 0) is 26.7 Å². The van der Waals surface area contributed by atoms with Crippen LogP contribution in [0.1, 0.15) is 52.4 Å². The van der Waals surface area contributed by atoms with E-state index in [0.29, 0.717) is 0 Å². The van der Waals surface area contributed by atoms with Gasteiger partial charge in [-0.2, -0.15) is 0 Å². The van der Waals surface area contributed by atoms with Crippen LogP contribution in [0.25, 0.3) is 0 Å². The van der Waals surface area contributed by atoms with E-state index in [9.17, 15) is 0 Å². The van der Waals surface area contributed by atoms with Crippen molar-refractivity contribution < 1.29 is 4.74 Å². The van der Waals surface area contributed by atoms with Crippen molar-refractivity contribution in [2.75, 3.05) is 13.7 Å². The van der Waals surface area contributed by atoms with Gasteiger partial charge in [0.25, 0.3) is 0 Å².